The summed E-state index contributed by atoms with van der Waals surface area (Å²) in [6.45, 7) is 1.83. The molecule has 0 bridgehead atoms. The molecule has 1 aromatic heterocycles. The topological polar surface area (TPSA) is 176 Å². The minimum Gasteiger partial charge on any atom is -0.504 e. The predicted molar refractivity (Wildman–Crippen MR) is 173 cm³/mol. The van der Waals surface area contributed by atoms with E-state index in [-0.39, 0.29) is 58.2 Å². The highest BCUT2D eigenvalue weighted by Crippen LogP contribution is 2.46. The highest BCUT2D eigenvalue weighted by atomic mass is 19.1. The second-order valence-electron chi connectivity index (χ2n) is 10.1. The van der Waals surface area contributed by atoms with Crippen LogP contribution in [0.25, 0.3) is 6.08 Å². The smallest absolute Gasteiger partial charge is 0.330 e. The molecule has 0 radical (unpaired) electrons. The van der Waals surface area contributed by atoms with Crippen molar-refractivity contribution in [1.29, 1.82) is 5.41 Å². The number of nitrogen functional groups attached to an aromatic ring is 1. The first-order valence-corrected chi connectivity index (χ1v) is 14.4. The number of carbonyl (C=O) groups excluding carboxylic acids is 2. The molecule has 0 aliphatic carbocycles. The van der Waals surface area contributed by atoms with Crippen molar-refractivity contribution >= 4 is 23.8 Å². The maximum atomic E-state index is 16.2. The van der Waals surface area contributed by atoms with Crippen LogP contribution < -0.4 is 29.4 Å². The molecule has 0 unspecified atom stereocenters. The number of methoxy groups -OCH3 is 2. The van der Waals surface area contributed by atoms with E-state index in [0.717, 1.165) is 12.1 Å². The molecule has 4 rings (SSSR count). The Hall–Kier alpha value is -6.38. The quantitative estimate of drug-likeness (QED) is 0.0652. The van der Waals surface area contributed by atoms with Crippen LogP contribution in [0.15, 0.2) is 60.7 Å². The van der Waals surface area contributed by atoms with Crippen molar-refractivity contribution in [2.24, 2.45) is 5.73 Å². The van der Waals surface area contributed by atoms with Crippen LogP contribution in [0.5, 0.6) is 52.0 Å². The van der Waals surface area contributed by atoms with Crippen LogP contribution in [0.1, 0.15) is 28.4 Å². The summed E-state index contributed by atoms with van der Waals surface area (Å²) >= 11 is 0. The van der Waals surface area contributed by atoms with Crippen LogP contribution >= 0.6 is 0 Å². The monoisotopic (exact) mass is 678 g/mol. The number of ether oxygens (including phenoxy) is 6. The number of nitrogens with one attached hydrogen (secondary N) is 1. The number of rotatable bonds is 13. The Morgan fingerprint density at radius 1 is 0.898 bits per heavy atom. The van der Waals surface area contributed by atoms with Gasteiger partial charge in [-0.2, -0.15) is 13.8 Å². The summed E-state index contributed by atoms with van der Waals surface area (Å²) in [7, 11) is 5.64. The van der Waals surface area contributed by atoms with Gasteiger partial charge >= 0.3 is 5.97 Å². The number of nitrogens with zero attached hydrogens (tertiary/aromatic N) is 2. The molecule has 0 fully saturated rings. The molecular formula is C34H32F2N4O9. The predicted octanol–water partition coefficient (Wildman–Crippen LogP) is 6.02. The molecule has 0 aliphatic rings. The molecule has 1 amide bonds. The highest BCUT2D eigenvalue weighted by Gasteiger charge is 2.29. The van der Waals surface area contributed by atoms with Crippen molar-refractivity contribution in [2.75, 3.05) is 34.9 Å². The van der Waals surface area contributed by atoms with E-state index in [9.17, 15) is 14.7 Å². The first kappa shape index (κ1) is 35.5. The molecule has 256 valence electrons. The van der Waals surface area contributed by atoms with E-state index in [4.69, 9.17) is 39.6 Å². The number of benzene rings is 3. The van der Waals surface area contributed by atoms with Crippen LogP contribution in [0.3, 0.4) is 0 Å². The molecule has 13 nitrogen and oxygen atoms in total. The number of halogens is 2. The van der Waals surface area contributed by atoms with Crippen molar-refractivity contribution in [3.8, 4) is 52.0 Å². The lowest BCUT2D eigenvalue weighted by atomic mass is 10.1. The molecule has 0 atom stereocenters. The van der Waals surface area contributed by atoms with Crippen LogP contribution in [0.4, 0.5) is 8.78 Å². The van der Waals surface area contributed by atoms with Crippen molar-refractivity contribution in [3.63, 3.8) is 0 Å². The normalized spacial score (nSPS) is 10.8. The third kappa shape index (κ3) is 8.32. The number of carbonyl (C=O) groups is 2. The number of nitrogens with two attached hydrogens (primary N) is 1. The van der Waals surface area contributed by atoms with Gasteiger partial charge in [0.25, 0.3) is 17.7 Å². The number of phenolic OH excluding ortho intramolecular Hbond substituents is 1. The van der Waals surface area contributed by atoms with Gasteiger partial charge in [0.15, 0.2) is 23.0 Å². The van der Waals surface area contributed by atoms with E-state index in [2.05, 4.69) is 4.98 Å². The number of aromatic nitrogens is 1. The van der Waals surface area contributed by atoms with Gasteiger partial charge in [-0.1, -0.05) is 6.07 Å². The van der Waals surface area contributed by atoms with Gasteiger partial charge in [-0.05, 0) is 67.1 Å². The summed E-state index contributed by atoms with van der Waals surface area (Å²) in [5, 5.41) is 18.1. The lowest BCUT2D eigenvalue weighted by molar-refractivity contribution is -0.137. The number of esters is 1. The van der Waals surface area contributed by atoms with E-state index in [1.54, 1.807) is 21.0 Å². The fourth-order valence-electron chi connectivity index (χ4n) is 4.19. The summed E-state index contributed by atoms with van der Waals surface area (Å²) < 4.78 is 65.0. The number of hydrogen-bond acceptors (Lipinski definition) is 11. The molecule has 1 heterocycles. The number of amidine groups is 1. The standard InChI is InChI=1S/C34H32F2N4O9/c1-6-46-26(42)13-10-18-14-24(44-4)29(25(15-18)45-5)49-30-27(35)32(47-21-9-7-8-20(16-21)34(43)40(2)3)39-33(28(30)36)48-23-17-19(31(37)38)11-12-22(23)41/h7-17,41H,6H2,1-5H3,(H3,37,38). The Kier molecular flexibility index (Phi) is 11.2. The zero-order valence-electron chi connectivity index (χ0n) is 27.0. The van der Waals surface area contributed by atoms with Crippen molar-refractivity contribution in [1.82, 2.24) is 9.88 Å². The van der Waals surface area contributed by atoms with Crippen molar-refractivity contribution in [3.05, 3.63) is 89.0 Å². The second-order valence-corrected chi connectivity index (χ2v) is 10.1. The summed E-state index contributed by atoms with van der Waals surface area (Å²) in [4.78, 5) is 29.5. The fraction of sp³-hybridized carbons (Fsp3) is 0.176. The number of hydrogen-bond donors (Lipinski definition) is 3. The number of amides is 1. The minimum absolute atomic E-state index is 0.0445. The molecule has 0 aliphatic heterocycles. The molecule has 4 aromatic rings. The summed E-state index contributed by atoms with van der Waals surface area (Å²) in [5.74, 6) is -8.34. The Bertz CT molecular complexity index is 1910. The first-order valence-electron chi connectivity index (χ1n) is 14.4. The summed E-state index contributed by atoms with van der Waals surface area (Å²) in [5.41, 5.74) is 6.27. The number of aromatic hydroxyl groups is 1. The molecule has 49 heavy (non-hydrogen) atoms. The zero-order chi connectivity index (χ0) is 35.8. The maximum absolute atomic E-state index is 16.2. The Morgan fingerprint density at radius 2 is 1.55 bits per heavy atom. The Balaban J connectivity index is 1.86. The average molecular weight is 679 g/mol. The average Bonchev–Trinajstić information content (AvgIpc) is 3.08. The molecule has 0 saturated heterocycles. The van der Waals surface area contributed by atoms with E-state index < -0.39 is 40.9 Å². The molecule has 0 saturated carbocycles. The van der Waals surface area contributed by atoms with Gasteiger partial charge < -0.3 is 44.2 Å². The van der Waals surface area contributed by atoms with Crippen molar-refractivity contribution < 1.29 is 51.9 Å². The Morgan fingerprint density at radius 3 is 2.14 bits per heavy atom. The third-order valence-corrected chi connectivity index (χ3v) is 6.54. The minimum atomic E-state index is -1.47. The van der Waals surface area contributed by atoms with E-state index >= 15 is 8.78 Å². The van der Waals surface area contributed by atoms with Crippen LogP contribution in [-0.4, -0.2) is 67.6 Å². The second kappa shape index (κ2) is 15.5. The largest absolute Gasteiger partial charge is 0.504 e. The van der Waals surface area contributed by atoms with Gasteiger partial charge in [-0.15, -0.1) is 0 Å². The SMILES string of the molecule is CCOC(=O)C=Cc1cc(OC)c(Oc2c(F)c(Oc3cccc(C(=O)N(C)C)c3)nc(Oc3cc(C(=N)N)ccc3O)c2F)c(OC)c1. The fourth-order valence-corrected chi connectivity index (χ4v) is 4.19. The van der Waals surface area contributed by atoms with Gasteiger partial charge in [0.05, 0.1) is 20.8 Å². The number of pyridine rings is 1. The third-order valence-electron chi connectivity index (χ3n) is 6.54. The maximum Gasteiger partial charge on any atom is 0.330 e. The van der Waals surface area contributed by atoms with Crippen LogP contribution in [-0.2, 0) is 9.53 Å². The van der Waals surface area contributed by atoms with Crippen LogP contribution in [0.2, 0.25) is 0 Å². The summed E-state index contributed by atoms with van der Waals surface area (Å²) in [6, 6.07) is 12.2. The molecule has 4 N–H and O–H groups in total. The van der Waals surface area contributed by atoms with Crippen LogP contribution in [0, 0.1) is 17.0 Å². The van der Waals surface area contributed by atoms with Gasteiger partial charge in [-0.3, -0.25) is 10.2 Å². The molecular weight excluding hydrogens is 646 g/mol. The van der Waals surface area contributed by atoms with Crippen molar-refractivity contribution in [2.45, 2.75) is 6.92 Å². The molecule has 0 spiro atoms. The summed E-state index contributed by atoms with van der Waals surface area (Å²) in [6.07, 6.45) is 2.58. The van der Waals surface area contributed by atoms with E-state index in [1.165, 1.54) is 73.7 Å². The first-order chi connectivity index (χ1) is 23.4. The highest BCUT2D eigenvalue weighted by molar-refractivity contribution is 5.95. The van der Waals surface area contributed by atoms with Gasteiger partial charge in [-0.25, -0.2) is 4.79 Å². The van der Waals surface area contributed by atoms with E-state index in [1.807, 2.05) is 0 Å². The van der Waals surface area contributed by atoms with Gasteiger partial charge in [0, 0.05) is 31.3 Å². The Labute approximate surface area is 279 Å². The lowest BCUT2D eigenvalue weighted by Gasteiger charge is -2.18. The van der Waals surface area contributed by atoms with E-state index in [0.29, 0.717) is 5.56 Å². The number of phenols is 1. The zero-order valence-corrected chi connectivity index (χ0v) is 27.0. The molecule has 15 heteroatoms. The lowest BCUT2D eigenvalue weighted by Crippen LogP contribution is -2.21. The molecule has 3 aromatic carbocycles. The van der Waals surface area contributed by atoms with Gasteiger partial charge in [0.2, 0.25) is 23.1 Å². The van der Waals surface area contributed by atoms with Gasteiger partial charge in [0.1, 0.15) is 11.6 Å².